The molecular formula is C18H22BrN. The minimum absolute atomic E-state index is 0.286. The highest BCUT2D eigenvalue weighted by Gasteiger charge is 2.13. The molecule has 20 heavy (non-hydrogen) atoms. The van der Waals surface area contributed by atoms with Crippen LogP contribution in [-0.2, 0) is 0 Å². The Labute approximate surface area is 130 Å². The van der Waals surface area contributed by atoms with Gasteiger partial charge in [-0.25, -0.2) is 0 Å². The Morgan fingerprint density at radius 2 is 1.50 bits per heavy atom. The van der Waals surface area contributed by atoms with Crippen LogP contribution in [0.15, 0.2) is 34.8 Å². The van der Waals surface area contributed by atoms with Crippen LogP contribution in [0.4, 0.5) is 5.69 Å². The molecule has 2 heteroatoms. The molecule has 1 atom stereocenters. The minimum Gasteiger partial charge on any atom is -0.378 e. The molecule has 0 amide bonds. The molecule has 0 saturated carbocycles. The normalized spacial score (nSPS) is 12.3. The predicted molar refractivity (Wildman–Crippen MR) is 91.6 cm³/mol. The van der Waals surface area contributed by atoms with Gasteiger partial charge in [0.15, 0.2) is 0 Å². The number of hydrogen-bond acceptors (Lipinski definition) is 1. The summed E-state index contributed by atoms with van der Waals surface area (Å²) in [5.74, 6) is 0. The first kappa shape index (κ1) is 15.1. The van der Waals surface area contributed by atoms with E-state index in [9.17, 15) is 0 Å². The molecule has 0 heterocycles. The molecule has 1 nitrogen and oxygen atoms in total. The summed E-state index contributed by atoms with van der Waals surface area (Å²) >= 11 is 3.62. The lowest BCUT2D eigenvalue weighted by Gasteiger charge is -2.22. The van der Waals surface area contributed by atoms with Gasteiger partial charge in [-0.3, -0.25) is 0 Å². The molecule has 0 aliphatic carbocycles. The number of aryl methyl sites for hydroxylation is 4. The molecule has 1 unspecified atom stereocenters. The zero-order valence-corrected chi connectivity index (χ0v) is 14.4. The fourth-order valence-corrected chi connectivity index (χ4v) is 3.29. The van der Waals surface area contributed by atoms with Crippen molar-refractivity contribution >= 4 is 21.6 Å². The Balaban J connectivity index is 2.33. The molecule has 0 spiro atoms. The second kappa shape index (κ2) is 6.01. The van der Waals surface area contributed by atoms with Crippen LogP contribution in [0.25, 0.3) is 0 Å². The monoisotopic (exact) mass is 331 g/mol. The average molecular weight is 332 g/mol. The van der Waals surface area contributed by atoms with Crippen LogP contribution in [0, 0.1) is 27.7 Å². The van der Waals surface area contributed by atoms with Gasteiger partial charge in [0.05, 0.1) is 0 Å². The van der Waals surface area contributed by atoms with Gasteiger partial charge in [0, 0.05) is 16.2 Å². The first-order valence-corrected chi connectivity index (χ1v) is 7.78. The largest absolute Gasteiger partial charge is 0.378 e. The van der Waals surface area contributed by atoms with Crippen molar-refractivity contribution in [1.82, 2.24) is 0 Å². The first-order valence-electron chi connectivity index (χ1n) is 6.99. The number of nitrogens with one attached hydrogen (secondary N) is 1. The summed E-state index contributed by atoms with van der Waals surface area (Å²) in [6.07, 6.45) is 0. The molecule has 0 aliphatic heterocycles. The van der Waals surface area contributed by atoms with E-state index in [1.165, 1.54) is 27.8 Å². The van der Waals surface area contributed by atoms with Crippen LogP contribution < -0.4 is 5.32 Å². The Bertz CT molecular complexity index is 608. The Morgan fingerprint density at radius 3 is 2.10 bits per heavy atom. The van der Waals surface area contributed by atoms with E-state index in [0.29, 0.717) is 0 Å². The van der Waals surface area contributed by atoms with E-state index in [1.54, 1.807) is 0 Å². The maximum atomic E-state index is 3.62. The summed E-state index contributed by atoms with van der Waals surface area (Å²) in [7, 11) is 0. The van der Waals surface area contributed by atoms with Crippen LogP contribution in [0.2, 0.25) is 0 Å². The fourth-order valence-electron chi connectivity index (χ4n) is 2.93. The van der Waals surface area contributed by atoms with E-state index in [-0.39, 0.29) is 6.04 Å². The van der Waals surface area contributed by atoms with Crippen molar-refractivity contribution in [2.24, 2.45) is 0 Å². The molecule has 1 N–H and O–H groups in total. The molecule has 0 radical (unpaired) electrons. The number of benzene rings is 2. The highest BCUT2D eigenvalue weighted by atomic mass is 79.9. The van der Waals surface area contributed by atoms with Crippen LogP contribution in [-0.4, -0.2) is 0 Å². The Morgan fingerprint density at radius 1 is 0.900 bits per heavy atom. The SMILES string of the molecule is Cc1cc(C)c(C(C)Nc2cc(C)ccc2Br)c(C)c1. The fraction of sp³-hybridized carbons (Fsp3) is 0.333. The van der Waals surface area contributed by atoms with E-state index >= 15 is 0 Å². The van der Waals surface area contributed by atoms with Gasteiger partial charge in [0.1, 0.15) is 0 Å². The van der Waals surface area contributed by atoms with Gasteiger partial charge in [0.25, 0.3) is 0 Å². The Hall–Kier alpha value is -1.28. The second-order valence-corrected chi connectivity index (χ2v) is 6.52. The standard InChI is InChI=1S/C18H22BrN/c1-11-6-7-16(19)17(10-11)20-15(5)18-13(3)8-12(2)9-14(18)4/h6-10,15,20H,1-5H3. The van der Waals surface area contributed by atoms with Crippen LogP contribution >= 0.6 is 15.9 Å². The van der Waals surface area contributed by atoms with Gasteiger partial charge in [-0.1, -0.05) is 23.8 Å². The summed E-state index contributed by atoms with van der Waals surface area (Å²) in [6.45, 7) is 10.9. The molecule has 106 valence electrons. The third-order valence-corrected chi connectivity index (χ3v) is 4.36. The van der Waals surface area contributed by atoms with E-state index in [0.717, 1.165) is 10.2 Å². The van der Waals surface area contributed by atoms with E-state index in [1.807, 2.05) is 0 Å². The Kier molecular flexibility index (Phi) is 4.54. The zero-order chi connectivity index (χ0) is 14.9. The average Bonchev–Trinajstić information content (AvgIpc) is 2.32. The lowest BCUT2D eigenvalue weighted by molar-refractivity contribution is 0.860. The molecule has 2 rings (SSSR count). The first-order chi connectivity index (χ1) is 9.38. The smallest absolute Gasteiger partial charge is 0.0491 e. The lowest BCUT2D eigenvalue weighted by Crippen LogP contribution is -2.10. The van der Waals surface area contributed by atoms with Gasteiger partial charge in [-0.15, -0.1) is 0 Å². The summed E-state index contributed by atoms with van der Waals surface area (Å²) in [5, 5.41) is 3.62. The summed E-state index contributed by atoms with van der Waals surface area (Å²) in [5.41, 5.74) is 7.84. The van der Waals surface area contributed by atoms with Crippen molar-refractivity contribution < 1.29 is 0 Å². The molecule has 2 aromatic rings. The minimum atomic E-state index is 0.286. The molecule has 0 saturated heterocycles. The van der Waals surface area contributed by atoms with Crippen LogP contribution in [0.5, 0.6) is 0 Å². The zero-order valence-electron chi connectivity index (χ0n) is 12.8. The molecule has 0 fully saturated rings. The summed E-state index contributed by atoms with van der Waals surface area (Å²) in [4.78, 5) is 0. The number of rotatable bonds is 3. The van der Waals surface area contributed by atoms with Crippen LogP contribution in [0.3, 0.4) is 0 Å². The predicted octanol–water partition coefficient (Wildman–Crippen LogP) is 5.86. The van der Waals surface area contributed by atoms with Gasteiger partial charge < -0.3 is 5.32 Å². The van der Waals surface area contributed by atoms with Crippen molar-refractivity contribution in [2.75, 3.05) is 5.32 Å². The highest BCUT2D eigenvalue weighted by molar-refractivity contribution is 9.10. The highest BCUT2D eigenvalue weighted by Crippen LogP contribution is 2.30. The second-order valence-electron chi connectivity index (χ2n) is 5.66. The topological polar surface area (TPSA) is 12.0 Å². The lowest BCUT2D eigenvalue weighted by atomic mass is 9.94. The van der Waals surface area contributed by atoms with Crippen molar-refractivity contribution in [3.63, 3.8) is 0 Å². The van der Waals surface area contributed by atoms with Gasteiger partial charge in [-0.05, 0) is 84.9 Å². The van der Waals surface area contributed by atoms with E-state index < -0.39 is 0 Å². The van der Waals surface area contributed by atoms with E-state index in [4.69, 9.17) is 0 Å². The number of halogens is 1. The van der Waals surface area contributed by atoms with E-state index in [2.05, 4.69) is 86.2 Å². The van der Waals surface area contributed by atoms with Crippen molar-refractivity contribution in [3.8, 4) is 0 Å². The molecule has 0 aliphatic rings. The molecular weight excluding hydrogens is 310 g/mol. The number of anilines is 1. The third kappa shape index (κ3) is 3.24. The quantitative estimate of drug-likeness (QED) is 0.743. The van der Waals surface area contributed by atoms with Crippen molar-refractivity contribution in [3.05, 3.63) is 62.6 Å². The molecule has 0 aromatic heterocycles. The maximum Gasteiger partial charge on any atom is 0.0491 e. The van der Waals surface area contributed by atoms with Crippen LogP contribution in [0.1, 0.15) is 40.8 Å². The van der Waals surface area contributed by atoms with Gasteiger partial charge in [0.2, 0.25) is 0 Å². The van der Waals surface area contributed by atoms with Gasteiger partial charge >= 0.3 is 0 Å². The maximum absolute atomic E-state index is 3.62. The third-order valence-electron chi connectivity index (χ3n) is 3.66. The summed E-state index contributed by atoms with van der Waals surface area (Å²) < 4.78 is 1.11. The van der Waals surface area contributed by atoms with Gasteiger partial charge in [-0.2, -0.15) is 0 Å². The molecule has 0 bridgehead atoms. The molecule has 2 aromatic carbocycles. The number of hydrogen-bond donors (Lipinski definition) is 1. The van der Waals surface area contributed by atoms with Crippen molar-refractivity contribution in [2.45, 2.75) is 40.7 Å². The van der Waals surface area contributed by atoms with Crippen molar-refractivity contribution in [1.29, 1.82) is 0 Å². The summed E-state index contributed by atoms with van der Waals surface area (Å²) in [6, 6.07) is 11.2.